The van der Waals surface area contributed by atoms with E-state index in [1.54, 1.807) is 24.3 Å². The first kappa shape index (κ1) is 22.3. The van der Waals surface area contributed by atoms with Crippen molar-refractivity contribution in [2.24, 2.45) is 5.92 Å². The van der Waals surface area contributed by atoms with Crippen molar-refractivity contribution in [2.75, 3.05) is 20.2 Å². The Hall–Kier alpha value is -2.38. The van der Waals surface area contributed by atoms with Crippen LogP contribution in [0.1, 0.15) is 31.7 Å². The van der Waals surface area contributed by atoms with Crippen molar-refractivity contribution < 1.29 is 17.9 Å². The number of sulfonamides is 1. The molecule has 1 amide bonds. The monoisotopic (exact) mass is 430 g/mol. The zero-order chi connectivity index (χ0) is 21.6. The lowest BCUT2D eigenvalue weighted by Crippen LogP contribution is -2.47. The fourth-order valence-electron chi connectivity index (χ4n) is 3.73. The van der Waals surface area contributed by atoms with Gasteiger partial charge in [-0.25, -0.2) is 8.42 Å². The number of amides is 1. The Labute approximate surface area is 179 Å². The second kappa shape index (κ2) is 10.1. The topological polar surface area (TPSA) is 75.7 Å². The summed E-state index contributed by atoms with van der Waals surface area (Å²) in [5.41, 5.74) is 1.24. The molecular weight excluding hydrogens is 400 g/mol. The third-order valence-electron chi connectivity index (χ3n) is 5.55. The molecule has 1 aliphatic rings. The van der Waals surface area contributed by atoms with Crippen LogP contribution in [0.2, 0.25) is 0 Å². The summed E-state index contributed by atoms with van der Waals surface area (Å²) in [5, 5.41) is 3.07. The maximum Gasteiger partial charge on any atom is 0.243 e. The molecule has 2 aromatic carbocycles. The predicted octanol–water partition coefficient (Wildman–Crippen LogP) is 3.23. The van der Waals surface area contributed by atoms with Crippen LogP contribution in [0, 0.1) is 5.92 Å². The quantitative estimate of drug-likeness (QED) is 0.698. The summed E-state index contributed by atoms with van der Waals surface area (Å²) >= 11 is 0. The van der Waals surface area contributed by atoms with Crippen molar-refractivity contribution in [3.05, 3.63) is 60.2 Å². The molecular formula is C23H30N2O4S. The summed E-state index contributed by atoms with van der Waals surface area (Å²) in [5.74, 6) is 0.213. The fourth-order valence-corrected chi connectivity index (χ4v) is 5.26. The summed E-state index contributed by atoms with van der Waals surface area (Å²) in [6, 6.07) is 16.6. The van der Waals surface area contributed by atoms with Crippen molar-refractivity contribution in [1.29, 1.82) is 0 Å². The lowest BCUT2D eigenvalue weighted by molar-refractivity contribution is -0.126. The smallest absolute Gasteiger partial charge is 0.243 e. The zero-order valence-electron chi connectivity index (χ0n) is 17.6. The van der Waals surface area contributed by atoms with Gasteiger partial charge in [-0.2, -0.15) is 4.31 Å². The number of nitrogens with one attached hydrogen (secondary N) is 1. The Balaban J connectivity index is 1.57. The maximum absolute atomic E-state index is 13.0. The van der Waals surface area contributed by atoms with Crippen LogP contribution >= 0.6 is 0 Å². The molecule has 162 valence electrons. The van der Waals surface area contributed by atoms with E-state index in [4.69, 9.17) is 4.74 Å². The van der Waals surface area contributed by atoms with E-state index in [0.717, 1.165) is 12.8 Å². The van der Waals surface area contributed by atoms with E-state index in [1.165, 1.54) is 17.0 Å². The summed E-state index contributed by atoms with van der Waals surface area (Å²) in [6.07, 6.45) is 3.11. The molecule has 2 atom stereocenters. The van der Waals surface area contributed by atoms with Crippen molar-refractivity contribution >= 4 is 15.9 Å². The lowest BCUT2D eigenvalue weighted by atomic mass is 9.98. The molecule has 0 spiro atoms. The van der Waals surface area contributed by atoms with Crippen LogP contribution in [0.25, 0.3) is 0 Å². The Kier molecular flexibility index (Phi) is 7.50. The van der Waals surface area contributed by atoms with Gasteiger partial charge in [-0.1, -0.05) is 30.3 Å². The highest BCUT2D eigenvalue weighted by Crippen LogP contribution is 2.25. The van der Waals surface area contributed by atoms with Gasteiger partial charge in [-0.05, 0) is 62.4 Å². The van der Waals surface area contributed by atoms with Crippen LogP contribution < -0.4 is 10.1 Å². The predicted molar refractivity (Wildman–Crippen MR) is 117 cm³/mol. The molecule has 1 saturated heterocycles. The standard InChI is InChI=1S/C23H30N2O4S/c1-18(10-11-19-7-4-3-5-8-19)24-23(26)20-9-6-16-25(17-20)30(27,28)22-14-12-21(29-2)13-15-22/h3-5,7-8,12-15,18,20H,6,9-11,16-17H2,1-2H3,(H,24,26)/t18-,20+/m1/s1. The molecule has 1 N–H and O–H groups in total. The first-order chi connectivity index (χ1) is 14.4. The van der Waals surface area contributed by atoms with Crippen molar-refractivity contribution in [1.82, 2.24) is 9.62 Å². The first-order valence-electron chi connectivity index (χ1n) is 10.4. The van der Waals surface area contributed by atoms with Crippen molar-refractivity contribution in [3.8, 4) is 5.75 Å². The van der Waals surface area contributed by atoms with Crippen LogP contribution in [0.5, 0.6) is 5.75 Å². The number of methoxy groups -OCH3 is 1. The Morgan fingerprint density at radius 1 is 1.17 bits per heavy atom. The van der Waals surface area contributed by atoms with Crippen LogP contribution in [0.3, 0.4) is 0 Å². The maximum atomic E-state index is 13.0. The number of carbonyl (C=O) groups is 1. The largest absolute Gasteiger partial charge is 0.497 e. The van der Waals surface area contributed by atoms with E-state index >= 15 is 0 Å². The van der Waals surface area contributed by atoms with E-state index in [9.17, 15) is 13.2 Å². The molecule has 0 radical (unpaired) electrons. The summed E-state index contributed by atoms with van der Waals surface area (Å²) < 4.78 is 32.5. The number of ether oxygens (including phenoxy) is 1. The number of hydrogen-bond acceptors (Lipinski definition) is 4. The summed E-state index contributed by atoms with van der Waals surface area (Å²) in [7, 11) is -2.09. The SMILES string of the molecule is COc1ccc(S(=O)(=O)N2CCC[C@H](C(=O)N[C@H](C)CCc3ccccc3)C2)cc1. The summed E-state index contributed by atoms with van der Waals surface area (Å²) in [4.78, 5) is 13.0. The van der Waals surface area contributed by atoms with Gasteiger partial charge in [0.05, 0.1) is 17.9 Å². The number of aryl methyl sites for hydroxylation is 1. The number of piperidine rings is 1. The van der Waals surface area contributed by atoms with Crippen LogP contribution in [0.15, 0.2) is 59.5 Å². The van der Waals surface area contributed by atoms with Gasteiger partial charge in [0.2, 0.25) is 15.9 Å². The van der Waals surface area contributed by atoms with Gasteiger partial charge < -0.3 is 10.1 Å². The number of nitrogens with zero attached hydrogens (tertiary/aromatic N) is 1. The second-order valence-electron chi connectivity index (χ2n) is 7.81. The number of hydrogen-bond donors (Lipinski definition) is 1. The van der Waals surface area contributed by atoms with Gasteiger partial charge in [0.25, 0.3) is 0 Å². The number of rotatable bonds is 8. The molecule has 7 heteroatoms. The Morgan fingerprint density at radius 3 is 2.53 bits per heavy atom. The molecule has 0 aliphatic carbocycles. The lowest BCUT2D eigenvalue weighted by Gasteiger charge is -2.32. The molecule has 1 fully saturated rings. The van der Waals surface area contributed by atoms with Gasteiger partial charge in [-0.3, -0.25) is 4.79 Å². The summed E-state index contributed by atoms with van der Waals surface area (Å²) in [6.45, 7) is 2.64. The molecule has 6 nitrogen and oxygen atoms in total. The van der Waals surface area contributed by atoms with E-state index in [0.29, 0.717) is 25.1 Å². The Bertz CT molecular complexity index is 929. The number of benzene rings is 2. The van der Waals surface area contributed by atoms with Crippen LogP contribution in [0.4, 0.5) is 0 Å². The van der Waals surface area contributed by atoms with Gasteiger partial charge in [0.1, 0.15) is 5.75 Å². The van der Waals surface area contributed by atoms with E-state index in [-0.39, 0.29) is 29.3 Å². The fraction of sp³-hybridized carbons (Fsp3) is 0.435. The molecule has 1 heterocycles. The van der Waals surface area contributed by atoms with E-state index < -0.39 is 10.0 Å². The van der Waals surface area contributed by atoms with Gasteiger partial charge in [0.15, 0.2) is 0 Å². The molecule has 0 bridgehead atoms. The number of carbonyl (C=O) groups excluding carboxylic acids is 1. The highest BCUT2D eigenvalue weighted by atomic mass is 32.2. The highest BCUT2D eigenvalue weighted by molar-refractivity contribution is 7.89. The molecule has 2 aromatic rings. The second-order valence-corrected chi connectivity index (χ2v) is 9.75. The molecule has 1 aliphatic heterocycles. The normalized spacial score (nSPS) is 18.5. The van der Waals surface area contributed by atoms with Crippen molar-refractivity contribution in [3.63, 3.8) is 0 Å². The minimum absolute atomic E-state index is 0.0336. The Morgan fingerprint density at radius 2 is 1.87 bits per heavy atom. The molecule has 0 unspecified atom stereocenters. The van der Waals surface area contributed by atoms with Gasteiger partial charge >= 0.3 is 0 Å². The molecule has 3 rings (SSSR count). The first-order valence-corrected chi connectivity index (χ1v) is 11.8. The van der Waals surface area contributed by atoms with Gasteiger partial charge in [-0.15, -0.1) is 0 Å². The van der Waals surface area contributed by atoms with E-state index in [2.05, 4.69) is 17.4 Å². The minimum Gasteiger partial charge on any atom is -0.497 e. The molecule has 0 aromatic heterocycles. The van der Waals surface area contributed by atoms with Crippen molar-refractivity contribution in [2.45, 2.75) is 43.5 Å². The third kappa shape index (κ3) is 5.61. The minimum atomic E-state index is -3.63. The van der Waals surface area contributed by atoms with Crippen LogP contribution in [-0.4, -0.2) is 44.9 Å². The highest BCUT2D eigenvalue weighted by Gasteiger charge is 2.33. The van der Waals surface area contributed by atoms with Crippen LogP contribution in [-0.2, 0) is 21.2 Å². The molecule has 0 saturated carbocycles. The average molecular weight is 431 g/mol. The average Bonchev–Trinajstić information content (AvgIpc) is 2.78. The zero-order valence-corrected chi connectivity index (χ0v) is 18.4. The third-order valence-corrected chi connectivity index (χ3v) is 7.43. The van der Waals surface area contributed by atoms with Gasteiger partial charge in [0, 0.05) is 19.1 Å². The van der Waals surface area contributed by atoms with E-state index in [1.807, 2.05) is 25.1 Å². The molecule has 30 heavy (non-hydrogen) atoms.